The van der Waals surface area contributed by atoms with Crippen molar-refractivity contribution in [3.63, 3.8) is 0 Å². The van der Waals surface area contributed by atoms with E-state index in [1.54, 1.807) is 32.0 Å². The maximum atomic E-state index is 12.4. The Kier molecular flexibility index (Phi) is 5.00. The van der Waals surface area contributed by atoms with Crippen LogP contribution < -0.4 is 10.6 Å². The molecule has 0 spiro atoms. The number of carbonyl (C=O) groups excluding carboxylic acids is 1. The Morgan fingerprint density at radius 2 is 2.05 bits per heavy atom. The molecule has 0 bridgehead atoms. The summed E-state index contributed by atoms with van der Waals surface area (Å²) in [5, 5.41) is 5.59. The molecule has 21 heavy (non-hydrogen) atoms. The lowest BCUT2D eigenvalue weighted by Gasteiger charge is -2.24. The topological polar surface area (TPSA) is 75.3 Å². The summed E-state index contributed by atoms with van der Waals surface area (Å²) in [7, 11) is -3.47. The van der Waals surface area contributed by atoms with Crippen molar-refractivity contribution in [2.45, 2.75) is 42.9 Å². The summed E-state index contributed by atoms with van der Waals surface area (Å²) in [6.07, 6.45) is 1.93. The van der Waals surface area contributed by atoms with E-state index in [1.807, 2.05) is 0 Å². The summed E-state index contributed by atoms with van der Waals surface area (Å²) in [6.45, 7) is 4.93. The molecule has 1 saturated heterocycles. The molecule has 0 unspecified atom stereocenters. The number of hydrogen-bond donors (Lipinski definition) is 2. The summed E-state index contributed by atoms with van der Waals surface area (Å²) in [6, 6.07) is 6.47. The van der Waals surface area contributed by atoms with Gasteiger partial charge in [0, 0.05) is 12.6 Å². The van der Waals surface area contributed by atoms with Crippen LogP contribution in [0, 0.1) is 0 Å². The highest BCUT2D eigenvalue weighted by molar-refractivity contribution is 7.92. The molecule has 0 saturated carbocycles. The van der Waals surface area contributed by atoms with Gasteiger partial charge < -0.3 is 10.6 Å². The van der Waals surface area contributed by atoms with Gasteiger partial charge in [0.15, 0.2) is 9.84 Å². The fraction of sp³-hybridized carbons (Fsp3) is 0.533. The molecule has 1 aliphatic heterocycles. The van der Waals surface area contributed by atoms with E-state index in [9.17, 15) is 13.2 Å². The van der Waals surface area contributed by atoms with Crippen LogP contribution in [0.2, 0.25) is 0 Å². The SMILES string of the molecule is CC(C)S(=O)(=O)c1ccccc1C(=O)N[C@H]1CCCNC1. The van der Waals surface area contributed by atoms with Crippen molar-refractivity contribution in [2.75, 3.05) is 13.1 Å². The minimum Gasteiger partial charge on any atom is -0.348 e. The first-order valence-corrected chi connectivity index (χ1v) is 8.82. The van der Waals surface area contributed by atoms with Gasteiger partial charge in [-0.05, 0) is 45.4 Å². The van der Waals surface area contributed by atoms with Crippen molar-refractivity contribution < 1.29 is 13.2 Å². The van der Waals surface area contributed by atoms with E-state index in [0.717, 1.165) is 25.9 Å². The van der Waals surface area contributed by atoms with E-state index in [4.69, 9.17) is 0 Å². The molecule has 0 radical (unpaired) electrons. The molecule has 2 rings (SSSR count). The Balaban J connectivity index is 2.25. The fourth-order valence-corrected chi connectivity index (χ4v) is 3.64. The average molecular weight is 310 g/mol. The van der Waals surface area contributed by atoms with Crippen molar-refractivity contribution >= 4 is 15.7 Å². The molecular formula is C15H22N2O3S. The van der Waals surface area contributed by atoms with Gasteiger partial charge in [0.05, 0.1) is 15.7 Å². The number of benzene rings is 1. The van der Waals surface area contributed by atoms with Crippen LogP contribution in [0.1, 0.15) is 37.0 Å². The number of rotatable bonds is 4. The lowest BCUT2D eigenvalue weighted by atomic mass is 10.1. The fourth-order valence-electron chi connectivity index (χ4n) is 2.39. The second-order valence-corrected chi connectivity index (χ2v) is 8.08. The largest absolute Gasteiger partial charge is 0.348 e. The van der Waals surface area contributed by atoms with Gasteiger partial charge in [-0.2, -0.15) is 0 Å². The lowest BCUT2D eigenvalue weighted by molar-refractivity contribution is 0.0927. The smallest absolute Gasteiger partial charge is 0.252 e. The molecule has 5 nitrogen and oxygen atoms in total. The number of hydrogen-bond acceptors (Lipinski definition) is 4. The van der Waals surface area contributed by atoms with E-state index in [1.165, 1.54) is 6.07 Å². The highest BCUT2D eigenvalue weighted by Crippen LogP contribution is 2.20. The third-order valence-electron chi connectivity index (χ3n) is 3.69. The Morgan fingerprint density at radius 3 is 2.67 bits per heavy atom. The quantitative estimate of drug-likeness (QED) is 0.880. The van der Waals surface area contributed by atoms with Crippen LogP contribution in [0.3, 0.4) is 0 Å². The second kappa shape index (κ2) is 6.58. The van der Waals surface area contributed by atoms with E-state index < -0.39 is 15.1 Å². The summed E-state index contributed by atoms with van der Waals surface area (Å²) in [5.41, 5.74) is 0.233. The normalized spacial score (nSPS) is 19.5. The van der Waals surface area contributed by atoms with Gasteiger partial charge in [0.25, 0.3) is 5.91 Å². The highest BCUT2D eigenvalue weighted by Gasteiger charge is 2.26. The molecule has 1 aromatic rings. The van der Waals surface area contributed by atoms with Crippen LogP contribution in [0.5, 0.6) is 0 Å². The van der Waals surface area contributed by atoms with Crippen molar-refractivity contribution in [3.05, 3.63) is 29.8 Å². The molecule has 0 aromatic heterocycles. The number of piperidine rings is 1. The Bertz CT molecular complexity index is 605. The maximum Gasteiger partial charge on any atom is 0.252 e. The standard InChI is InChI=1S/C15H22N2O3S/c1-11(2)21(19,20)14-8-4-3-7-13(14)15(18)17-12-6-5-9-16-10-12/h3-4,7-8,11-12,16H,5-6,9-10H2,1-2H3,(H,17,18)/t12-/m0/s1. The predicted octanol–water partition coefficient (Wildman–Crippen LogP) is 1.35. The molecule has 2 N–H and O–H groups in total. The first kappa shape index (κ1) is 16.0. The third kappa shape index (κ3) is 3.63. The predicted molar refractivity (Wildman–Crippen MR) is 82.1 cm³/mol. The lowest BCUT2D eigenvalue weighted by Crippen LogP contribution is -2.45. The summed E-state index contributed by atoms with van der Waals surface area (Å²) in [5.74, 6) is -0.316. The van der Waals surface area contributed by atoms with Crippen LogP contribution in [-0.2, 0) is 9.84 Å². The second-order valence-electron chi connectivity index (χ2n) is 5.61. The van der Waals surface area contributed by atoms with Crippen LogP contribution >= 0.6 is 0 Å². The summed E-state index contributed by atoms with van der Waals surface area (Å²) in [4.78, 5) is 12.5. The van der Waals surface area contributed by atoms with E-state index in [-0.39, 0.29) is 22.4 Å². The first-order chi connectivity index (χ1) is 9.93. The average Bonchev–Trinajstić information content (AvgIpc) is 2.48. The molecule has 1 atom stereocenters. The first-order valence-electron chi connectivity index (χ1n) is 7.27. The number of carbonyl (C=O) groups is 1. The minimum atomic E-state index is -3.47. The minimum absolute atomic E-state index is 0.0565. The van der Waals surface area contributed by atoms with E-state index >= 15 is 0 Å². The van der Waals surface area contributed by atoms with Gasteiger partial charge in [0.1, 0.15) is 0 Å². The molecule has 1 aliphatic rings. The van der Waals surface area contributed by atoms with Gasteiger partial charge in [-0.1, -0.05) is 12.1 Å². The maximum absolute atomic E-state index is 12.4. The van der Waals surface area contributed by atoms with Crippen molar-refractivity contribution in [2.24, 2.45) is 0 Å². The molecule has 1 heterocycles. The van der Waals surface area contributed by atoms with E-state index in [0.29, 0.717) is 0 Å². The molecule has 1 aromatic carbocycles. The van der Waals surface area contributed by atoms with Crippen LogP contribution in [0.15, 0.2) is 29.2 Å². The molecule has 1 amide bonds. The van der Waals surface area contributed by atoms with E-state index in [2.05, 4.69) is 10.6 Å². The number of amides is 1. The summed E-state index contributed by atoms with van der Waals surface area (Å²) < 4.78 is 24.7. The molecule has 6 heteroatoms. The van der Waals surface area contributed by atoms with Crippen LogP contribution in [-0.4, -0.2) is 38.7 Å². The van der Waals surface area contributed by atoms with Gasteiger partial charge in [-0.3, -0.25) is 4.79 Å². The van der Waals surface area contributed by atoms with Crippen molar-refractivity contribution in [1.29, 1.82) is 0 Å². The van der Waals surface area contributed by atoms with Gasteiger partial charge in [-0.15, -0.1) is 0 Å². The van der Waals surface area contributed by atoms with Gasteiger partial charge in [-0.25, -0.2) is 8.42 Å². The summed E-state index contributed by atoms with van der Waals surface area (Å²) >= 11 is 0. The Hall–Kier alpha value is -1.40. The zero-order chi connectivity index (χ0) is 15.5. The molecular weight excluding hydrogens is 288 g/mol. The molecule has 116 valence electrons. The Labute approximate surface area is 126 Å². The Morgan fingerprint density at radius 1 is 1.33 bits per heavy atom. The number of sulfone groups is 1. The van der Waals surface area contributed by atoms with Crippen LogP contribution in [0.4, 0.5) is 0 Å². The zero-order valence-electron chi connectivity index (χ0n) is 12.4. The van der Waals surface area contributed by atoms with Crippen molar-refractivity contribution in [1.82, 2.24) is 10.6 Å². The molecule has 1 fully saturated rings. The molecule has 0 aliphatic carbocycles. The van der Waals surface area contributed by atoms with Crippen molar-refractivity contribution in [3.8, 4) is 0 Å². The highest BCUT2D eigenvalue weighted by atomic mass is 32.2. The van der Waals surface area contributed by atoms with Gasteiger partial charge >= 0.3 is 0 Å². The third-order valence-corrected chi connectivity index (χ3v) is 5.90. The monoisotopic (exact) mass is 310 g/mol. The van der Waals surface area contributed by atoms with Crippen LogP contribution in [0.25, 0.3) is 0 Å². The van der Waals surface area contributed by atoms with Gasteiger partial charge in [0.2, 0.25) is 0 Å². The number of nitrogens with one attached hydrogen (secondary N) is 2. The zero-order valence-corrected chi connectivity index (χ0v) is 13.2.